The Balaban J connectivity index is 1.97. The Morgan fingerprint density at radius 3 is 2.68 bits per heavy atom. The minimum absolute atomic E-state index is 0.112. The summed E-state index contributed by atoms with van der Waals surface area (Å²) < 4.78 is 11.2. The summed E-state index contributed by atoms with van der Waals surface area (Å²) in [7, 11) is 0. The van der Waals surface area contributed by atoms with Gasteiger partial charge in [0, 0.05) is 11.8 Å². The molecule has 1 aromatic carbocycles. The first-order valence-corrected chi connectivity index (χ1v) is 7.21. The molecule has 0 aliphatic carbocycles. The van der Waals surface area contributed by atoms with Gasteiger partial charge in [-0.2, -0.15) is 0 Å². The van der Waals surface area contributed by atoms with E-state index >= 15 is 0 Å². The van der Waals surface area contributed by atoms with Crippen molar-refractivity contribution < 1.29 is 9.47 Å². The molecule has 0 radical (unpaired) electrons. The van der Waals surface area contributed by atoms with Crippen molar-refractivity contribution in [2.24, 2.45) is 17.6 Å². The van der Waals surface area contributed by atoms with Crippen LogP contribution in [0.15, 0.2) is 18.2 Å². The minimum atomic E-state index is 0.112. The van der Waals surface area contributed by atoms with E-state index < -0.39 is 0 Å². The van der Waals surface area contributed by atoms with E-state index in [9.17, 15) is 0 Å². The van der Waals surface area contributed by atoms with Gasteiger partial charge in [0.2, 0.25) is 0 Å². The molecule has 1 fully saturated rings. The van der Waals surface area contributed by atoms with E-state index in [0.29, 0.717) is 18.4 Å². The zero-order valence-electron chi connectivity index (χ0n) is 11.8. The predicted octanol–water partition coefficient (Wildman–Crippen LogP) is 2.12. The van der Waals surface area contributed by atoms with Gasteiger partial charge in [-0.25, -0.2) is 0 Å². The number of nitrogens with two attached hydrogens (primary N) is 1. The first-order valence-electron chi connectivity index (χ1n) is 7.21. The Bertz CT molecular complexity index is 466. The van der Waals surface area contributed by atoms with Gasteiger partial charge in [0.25, 0.3) is 0 Å². The van der Waals surface area contributed by atoms with Crippen LogP contribution in [0, 0.1) is 11.8 Å². The number of rotatable bonds is 4. The van der Waals surface area contributed by atoms with E-state index in [-0.39, 0.29) is 5.41 Å². The molecule has 3 nitrogen and oxygen atoms in total. The largest absolute Gasteiger partial charge is 0.493 e. The Hall–Kier alpha value is -1.06. The lowest BCUT2D eigenvalue weighted by Crippen LogP contribution is -2.56. The van der Waals surface area contributed by atoms with Crippen molar-refractivity contribution >= 4 is 0 Å². The SMILES string of the molecule is CC(C)C(CN)C1(c2ccc3c(c2)CCO3)COC1. The Kier molecular flexibility index (Phi) is 3.27. The lowest BCUT2D eigenvalue weighted by Gasteiger charge is -2.49. The third-order valence-electron chi connectivity index (χ3n) is 4.75. The molecule has 2 aliphatic rings. The highest BCUT2D eigenvalue weighted by Gasteiger charge is 2.47. The van der Waals surface area contributed by atoms with E-state index in [4.69, 9.17) is 15.2 Å². The third kappa shape index (κ3) is 1.96. The smallest absolute Gasteiger partial charge is 0.122 e. The van der Waals surface area contributed by atoms with E-state index in [0.717, 1.165) is 32.0 Å². The number of benzene rings is 1. The molecule has 1 unspecified atom stereocenters. The van der Waals surface area contributed by atoms with Crippen LogP contribution in [-0.2, 0) is 16.6 Å². The molecule has 3 heteroatoms. The maximum Gasteiger partial charge on any atom is 0.122 e. The highest BCUT2D eigenvalue weighted by Crippen LogP contribution is 2.44. The summed E-state index contributed by atoms with van der Waals surface area (Å²) in [5.41, 5.74) is 8.87. The van der Waals surface area contributed by atoms with Gasteiger partial charge in [0.15, 0.2) is 0 Å². The quantitative estimate of drug-likeness (QED) is 0.903. The molecule has 1 saturated heterocycles. The second-order valence-corrected chi connectivity index (χ2v) is 6.16. The second-order valence-electron chi connectivity index (χ2n) is 6.16. The number of hydrogen-bond acceptors (Lipinski definition) is 3. The molecule has 0 aromatic heterocycles. The van der Waals surface area contributed by atoms with Crippen LogP contribution in [0.2, 0.25) is 0 Å². The van der Waals surface area contributed by atoms with Gasteiger partial charge in [-0.05, 0) is 35.6 Å². The number of ether oxygens (including phenoxy) is 2. The van der Waals surface area contributed by atoms with Crippen LogP contribution < -0.4 is 10.5 Å². The lowest BCUT2D eigenvalue weighted by atomic mass is 9.64. The third-order valence-corrected chi connectivity index (χ3v) is 4.75. The van der Waals surface area contributed by atoms with Crippen LogP contribution in [0.4, 0.5) is 0 Å². The van der Waals surface area contributed by atoms with Gasteiger partial charge in [-0.1, -0.05) is 26.0 Å². The average Bonchev–Trinajstić information content (AvgIpc) is 2.79. The maximum absolute atomic E-state index is 6.04. The van der Waals surface area contributed by atoms with Crippen molar-refractivity contribution in [3.63, 3.8) is 0 Å². The van der Waals surface area contributed by atoms with E-state index in [1.807, 2.05) is 0 Å². The first kappa shape index (κ1) is 12.9. The van der Waals surface area contributed by atoms with Gasteiger partial charge < -0.3 is 15.2 Å². The van der Waals surface area contributed by atoms with Crippen LogP contribution in [0.3, 0.4) is 0 Å². The number of hydrogen-bond donors (Lipinski definition) is 1. The molecule has 19 heavy (non-hydrogen) atoms. The molecule has 3 rings (SSSR count). The van der Waals surface area contributed by atoms with Crippen molar-refractivity contribution in [3.05, 3.63) is 29.3 Å². The fourth-order valence-electron chi connectivity index (χ4n) is 3.55. The summed E-state index contributed by atoms with van der Waals surface area (Å²) in [5.74, 6) is 2.09. The van der Waals surface area contributed by atoms with Crippen LogP contribution >= 0.6 is 0 Å². The fourth-order valence-corrected chi connectivity index (χ4v) is 3.55. The normalized spacial score (nSPS) is 21.7. The predicted molar refractivity (Wildman–Crippen MR) is 75.5 cm³/mol. The van der Waals surface area contributed by atoms with Crippen molar-refractivity contribution in [2.45, 2.75) is 25.7 Å². The van der Waals surface area contributed by atoms with E-state index in [2.05, 4.69) is 32.0 Å². The summed E-state index contributed by atoms with van der Waals surface area (Å²) in [4.78, 5) is 0. The van der Waals surface area contributed by atoms with Crippen molar-refractivity contribution in [2.75, 3.05) is 26.4 Å². The molecule has 1 atom stereocenters. The summed E-state index contributed by atoms with van der Waals surface area (Å²) in [6.07, 6.45) is 1.02. The molecule has 0 bridgehead atoms. The minimum Gasteiger partial charge on any atom is -0.493 e. The molecular formula is C16H23NO2. The van der Waals surface area contributed by atoms with Gasteiger partial charge >= 0.3 is 0 Å². The first-order chi connectivity index (χ1) is 9.17. The molecule has 2 aliphatic heterocycles. The summed E-state index contributed by atoms with van der Waals surface area (Å²) >= 11 is 0. The highest BCUT2D eigenvalue weighted by atomic mass is 16.5. The summed E-state index contributed by atoms with van der Waals surface area (Å²) in [6, 6.07) is 6.64. The van der Waals surface area contributed by atoms with Gasteiger partial charge in [0.1, 0.15) is 5.75 Å². The molecule has 0 saturated carbocycles. The Labute approximate surface area is 115 Å². The average molecular weight is 261 g/mol. The van der Waals surface area contributed by atoms with Crippen LogP contribution in [0.1, 0.15) is 25.0 Å². The molecule has 0 spiro atoms. The molecule has 2 heterocycles. The summed E-state index contributed by atoms with van der Waals surface area (Å²) in [6.45, 7) is 7.64. The van der Waals surface area contributed by atoms with Crippen LogP contribution in [0.25, 0.3) is 0 Å². The Morgan fingerprint density at radius 1 is 1.32 bits per heavy atom. The van der Waals surface area contributed by atoms with Gasteiger partial charge in [0.05, 0.1) is 19.8 Å². The van der Waals surface area contributed by atoms with E-state index in [1.165, 1.54) is 11.1 Å². The standard InChI is InChI=1S/C16H23NO2/c1-11(2)14(8-17)16(9-18-10-16)13-3-4-15-12(7-13)5-6-19-15/h3-4,7,11,14H,5-6,8-10,17H2,1-2H3. The molecule has 0 amide bonds. The van der Waals surface area contributed by atoms with E-state index in [1.54, 1.807) is 0 Å². The molecule has 2 N–H and O–H groups in total. The zero-order chi connectivity index (χ0) is 13.5. The second kappa shape index (κ2) is 4.80. The van der Waals surface area contributed by atoms with Gasteiger partial charge in [-0.3, -0.25) is 0 Å². The fraction of sp³-hybridized carbons (Fsp3) is 0.625. The molecule has 1 aromatic rings. The van der Waals surface area contributed by atoms with Crippen molar-refractivity contribution in [1.82, 2.24) is 0 Å². The topological polar surface area (TPSA) is 44.5 Å². The van der Waals surface area contributed by atoms with Crippen molar-refractivity contribution in [1.29, 1.82) is 0 Å². The van der Waals surface area contributed by atoms with Crippen LogP contribution in [-0.4, -0.2) is 26.4 Å². The lowest BCUT2D eigenvalue weighted by molar-refractivity contribution is -0.0982. The molecular weight excluding hydrogens is 238 g/mol. The Morgan fingerprint density at radius 2 is 2.11 bits per heavy atom. The monoisotopic (exact) mass is 261 g/mol. The molecule has 104 valence electrons. The number of fused-ring (bicyclic) bond motifs is 1. The van der Waals surface area contributed by atoms with Crippen LogP contribution in [0.5, 0.6) is 5.75 Å². The highest BCUT2D eigenvalue weighted by molar-refractivity contribution is 5.43. The van der Waals surface area contributed by atoms with Crippen molar-refractivity contribution in [3.8, 4) is 5.75 Å². The van der Waals surface area contributed by atoms with Gasteiger partial charge in [-0.15, -0.1) is 0 Å². The maximum atomic E-state index is 6.04. The zero-order valence-corrected chi connectivity index (χ0v) is 11.8. The summed E-state index contributed by atoms with van der Waals surface area (Å²) in [5, 5.41) is 0.